The predicted octanol–water partition coefficient (Wildman–Crippen LogP) is 3.42. The van der Waals surface area contributed by atoms with Crippen LogP contribution in [0.1, 0.15) is 36.3 Å². The zero-order chi connectivity index (χ0) is 16.3. The van der Waals surface area contributed by atoms with Crippen LogP contribution >= 0.6 is 0 Å². The molecule has 0 saturated heterocycles. The first-order valence-corrected chi connectivity index (χ1v) is 6.83. The molecular weight excluding hydrogens is 295 g/mol. The van der Waals surface area contributed by atoms with Crippen molar-refractivity contribution in [2.45, 2.75) is 32.5 Å². The minimum Gasteiger partial charge on any atom is -0.348 e. The van der Waals surface area contributed by atoms with E-state index in [1.54, 1.807) is 0 Å². The minimum atomic E-state index is -4.41. The second-order valence-corrected chi connectivity index (χ2v) is 5.00. The highest BCUT2D eigenvalue weighted by Gasteiger charge is 2.30. The van der Waals surface area contributed by atoms with Crippen LogP contribution in [0.3, 0.4) is 0 Å². The van der Waals surface area contributed by atoms with Crippen molar-refractivity contribution >= 4 is 5.91 Å². The molecule has 2 rings (SSSR count). The summed E-state index contributed by atoms with van der Waals surface area (Å²) in [5.41, 5.74) is -0.285. The molecule has 1 amide bonds. The monoisotopic (exact) mass is 311 g/mol. The molecule has 1 aromatic heterocycles. The number of amides is 1. The molecule has 22 heavy (non-hydrogen) atoms. The van der Waals surface area contributed by atoms with Crippen LogP contribution in [0, 0.1) is 0 Å². The lowest BCUT2D eigenvalue weighted by Gasteiger charge is -2.10. The number of hydrogen-bond donors (Lipinski definition) is 1. The van der Waals surface area contributed by atoms with Crippen molar-refractivity contribution in [3.63, 3.8) is 0 Å². The van der Waals surface area contributed by atoms with E-state index in [-0.39, 0.29) is 17.6 Å². The van der Waals surface area contributed by atoms with Gasteiger partial charge in [0.2, 0.25) is 0 Å². The van der Waals surface area contributed by atoms with Crippen LogP contribution in [0.25, 0.3) is 5.69 Å². The molecule has 4 nitrogen and oxygen atoms in total. The van der Waals surface area contributed by atoms with E-state index in [1.165, 1.54) is 29.2 Å². The molecule has 1 heterocycles. The third-order valence-electron chi connectivity index (χ3n) is 3.28. The standard InChI is InChI=1S/C15H16F3N3O/c1-3-10(2)20-14(22)13-8-21(9-19-13)12-6-4-5-11(7-12)15(16,17)18/h4-10H,3H2,1-2H3,(H,20,22). The van der Waals surface area contributed by atoms with E-state index in [1.807, 2.05) is 13.8 Å². The summed E-state index contributed by atoms with van der Waals surface area (Å²) in [6.07, 6.45) is -0.901. The van der Waals surface area contributed by atoms with Gasteiger partial charge in [0.05, 0.1) is 5.56 Å². The number of rotatable bonds is 4. The molecule has 0 aliphatic rings. The fourth-order valence-corrected chi connectivity index (χ4v) is 1.82. The highest BCUT2D eigenvalue weighted by atomic mass is 19.4. The average Bonchev–Trinajstić information content (AvgIpc) is 2.96. The van der Waals surface area contributed by atoms with Crippen molar-refractivity contribution in [2.75, 3.05) is 0 Å². The summed E-state index contributed by atoms with van der Waals surface area (Å²) in [7, 11) is 0. The van der Waals surface area contributed by atoms with E-state index < -0.39 is 11.7 Å². The van der Waals surface area contributed by atoms with Crippen LogP contribution < -0.4 is 5.32 Å². The summed E-state index contributed by atoms with van der Waals surface area (Å²) in [5, 5.41) is 2.75. The van der Waals surface area contributed by atoms with Crippen LogP contribution in [0.4, 0.5) is 13.2 Å². The quantitative estimate of drug-likeness (QED) is 0.940. The first kappa shape index (κ1) is 16.1. The van der Waals surface area contributed by atoms with Crippen LogP contribution in [-0.2, 0) is 6.18 Å². The Morgan fingerprint density at radius 1 is 1.41 bits per heavy atom. The maximum atomic E-state index is 12.7. The number of alkyl halides is 3. The summed E-state index contributed by atoms with van der Waals surface area (Å²) >= 11 is 0. The average molecular weight is 311 g/mol. The normalized spacial score (nSPS) is 13.0. The number of carbonyl (C=O) groups excluding carboxylic acids is 1. The number of imidazole rings is 1. The van der Waals surface area contributed by atoms with Crippen molar-refractivity contribution in [2.24, 2.45) is 0 Å². The number of hydrogen-bond acceptors (Lipinski definition) is 2. The fourth-order valence-electron chi connectivity index (χ4n) is 1.82. The molecule has 2 aromatic rings. The van der Waals surface area contributed by atoms with Gasteiger partial charge < -0.3 is 9.88 Å². The lowest BCUT2D eigenvalue weighted by atomic mass is 10.2. The van der Waals surface area contributed by atoms with Crippen molar-refractivity contribution in [3.8, 4) is 5.69 Å². The minimum absolute atomic E-state index is 0.00575. The number of carbonyl (C=O) groups is 1. The van der Waals surface area contributed by atoms with E-state index in [0.717, 1.165) is 18.6 Å². The largest absolute Gasteiger partial charge is 0.416 e. The van der Waals surface area contributed by atoms with Crippen molar-refractivity contribution in [1.82, 2.24) is 14.9 Å². The molecule has 1 atom stereocenters. The van der Waals surface area contributed by atoms with Crippen molar-refractivity contribution in [1.29, 1.82) is 0 Å². The number of aromatic nitrogens is 2. The van der Waals surface area contributed by atoms with Gasteiger partial charge in [-0.25, -0.2) is 4.98 Å². The topological polar surface area (TPSA) is 46.9 Å². The van der Waals surface area contributed by atoms with Gasteiger partial charge >= 0.3 is 6.18 Å². The smallest absolute Gasteiger partial charge is 0.348 e. The first-order valence-electron chi connectivity index (χ1n) is 6.83. The molecule has 118 valence electrons. The van der Waals surface area contributed by atoms with E-state index in [0.29, 0.717) is 5.69 Å². The second kappa shape index (κ2) is 6.21. The third kappa shape index (κ3) is 3.66. The number of benzene rings is 1. The van der Waals surface area contributed by atoms with E-state index >= 15 is 0 Å². The molecular formula is C15H16F3N3O. The Balaban J connectivity index is 2.23. The number of nitrogens with zero attached hydrogens (tertiary/aromatic N) is 2. The summed E-state index contributed by atoms with van der Waals surface area (Å²) < 4.78 is 39.5. The van der Waals surface area contributed by atoms with E-state index in [9.17, 15) is 18.0 Å². The van der Waals surface area contributed by atoms with Crippen LogP contribution in [0.15, 0.2) is 36.8 Å². The summed E-state index contributed by atoms with van der Waals surface area (Å²) in [6.45, 7) is 3.80. The molecule has 1 N–H and O–H groups in total. The highest BCUT2D eigenvalue weighted by molar-refractivity contribution is 5.92. The molecule has 0 aliphatic heterocycles. The van der Waals surface area contributed by atoms with Gasteiger partial charge in [-0.15, -0.1) is 0 Å². The molecule has 0 fully saturated rings. The number of nitrogens with one attached hydrogen (secondary N) is 1. The van der Waals surface area contributed by atoms with Crippen molar-refractivity contribution < 1.29 is 18.0 Å². The fraction of sp³-hybridized carbons (Fsp3) is 0.333. The third-order valence-corrected chi connectivity index (χ3v) is 3.28. The molecule has 0 radical (unpaired) electrons. The highest BCUT2D eigenvalue weighted by Crippen LogP contribution is 2.30. The van der Waals surface area contributed by atoms with Gasteiger partial charge in [0.25, 0.3) is 5.91 Å². The lowest BCUT2D eigenvalue weighted by molar-refractivity contribution is -0.137. The van der Waals surface area contributed by atoms with Crippen molar-refractivity contribution in [3.05, 3.63) is 48.0 Å². The predicted molar refractivity (Wildman–Crippen MR) is 75.8 cm³/mol. The maximum Gasteiger partial charge on any atom is 0.416 e. The van der Waals surface area contributed by atoms with Gasteiger partial charge in [0, 0.05) is 17.9 Å². The lowest BCUT2D eigenvalue weighted by Crippen LogP contribution is -2.32. The zero-order valence-corrected chi connectivity index (χ0v) is 12.2. The molecule has 1 aromatic carbocycles. The molecule has 1 unspecified atom stereocenters. The van der Waals surface area contributed by atoms with E-state index in [4.69, 9.17) is 0 Å². The first-order chi connectivity index (χ1) is 10.3. The van der Waals surface area contributed by atoms with Gasteiger partial charge in [-0.2, -0.15) is 13.2 Å². The second-order valence-electron chi connectivity index (χ2n) is 5.00. The van der Waals surface area contributed by atoms with E-state index in [2.05, 4.69) is 10.3 Å². The Morgan fingerprint density at radius 2 is 2.14 bits per heavy atom. The number of halogens is 3. The maximum absolute atomic E-state index is 12.7. The van der Waals surface area contributed by atoms with Crippen LogP contribution in [0.2, 0.25) is 0 Å². The molecule has 7 heteroatoms. The molecule has 0 saturated carbocycles. The molecule has 0 bridgehead atoms. The Morgan fingerprint density at radius 3 is 2.77 bits per heavy atom. The molecule has 0 spiro atoms. The van der Waals surface area contributed by atoms with Gasteiger partial charge in [-0.05, 0) is 31.5 Å². The van der Waals surface area contributed by atoms with Gasteiger partial charge in [0.15, 0.2) is 0 Å². The summed E-state index contributed by atoms with van der Waals surface area (Å²) in [4.78, 5) is 15.9. The Bertz CT molecular complexity index is 664. The van der Waals surface area contributed by atoms with Gasteiger partial charge in [-0.1, -0.05) is 13.0 Å². The Labute approximate surface area is 126 Å². The Hall–Kier alpha value is -2.31. The van der Waals surface area contributed by atoms with Gasteiger partial charge in [-0.3, -0.25) is 4.79 Å². The SMILES string of the molecule is CCC(C)NC(=O)c1cn(-c2cccc(C(F)(F)F)c2)cn1. The van der Waals surface area contributed by atoms with Crippen LogP contribution in [-0.4, -0.2) is 21.5 Å². The molecule has 0 aliphatic carbocycles. The Kier molecular flexibility index (Phi) is 4.54. The summed E-state index contributed by atoms with van der Waals surface area (Å²) in [5.74, 6) is -0.347. The van der Waals surface area contributed by atoms with Gasteiger partial charge in [0.1, 0.15) is 12.0 Å². The summed E-state index contributed by atoms with van der Waals surface area (Å²) in [6, 6.07) is 4.85. The zero-order valence-electron chi connectivity index (χ0n) is 12.2. The van der Waals surface area contributed by atoms with Crippen LogP contribution in [0.5, 0.6) is 0 Å².